The molecular weight excluding hydrogens is 436 g/mol. The first kappa shape index (κ1) is 22.9. The number of benzene rings is 2. The van der Waals surface area contributed by atoms with E-state index in [1.165, 1.54) is 22.0 Å². The summed E-state index contributed by atoms with van der Waals surface area (Å²) in [6.07, 6.45) is 3.33. The fourth-order valence-electron chi connectivity index (χ4n) is 4.11. The Labute approximate surface area is 194 Å². The van der Waals surface area contributed by atoms with Crippen LogP contribution in [0.15, 0.2) is 64.6 Å². The smallest absolute Gasteiger partial charge is 0.271 e. The molecule has 1 aliphatic heterocycles. The van der Waals surface area contributed by atoms with Gasteiger partial charge in [0.15, 0.2) is 0 Å². The summed E-state index contributed by atoms with van der Waals surface area (Å²) in [5.41, 5.74) is 7.98. The van der Waals surface area contributed by atoms with E-state index >= 15 is 0 Å². The Bertz CT molecular complexity index is 1300. The van der Waals surface area contributed by atoms with Gasteiger partial charge in [-0.1, -0.05) is 23.8 Å². The van der Waals surface area contributed by atoms with E-state index in [4.69, 9.17) is 0 Å². The Morgan fingerprint density at radius 1 is 1.00 bits per heavy atom. The fraction of sp³-hybridized carbons (Fsp3) is 0.280. The minimum atomic E-state index is -3.58. The number of aryl methyl sites for hydroxylation is 2. The fourth-order valence-corrected chi connectivity index (χ4v) is 5.67. The zero-order valence-electron chi connectivity index (χ0n) is 19.1. The average Bonchev–Trinajstić information content (AvgIpc) is 3.44. The van der Waals surface area contributed by atoms with Crippen molar-refractivity contribution in [3.63, 3.8) is 0 Å². The number of carbonyl (C=O) groups excluding carboxylic acids is 1. The highest BCUT2D eigenvalue weighted by Gasteiger charge is 2.27. The Kier molecular flexibility index (Phi) is 6.49. The maximum atomic E-state index is 12.8. The van der Waals surface area contributed by atoms with Gasteiger partial charge in [0.2, 0.25) is 10.0 Å². The number of nitrogens with zero attached hydrogens (tertiary/aromatic N) is 3. The number of amides is 1. The predicted octanol–water partition coefficient (Wildman–Crippen LogP) is 3.95. The van der Waals surface area contributed by atoms with Crippen LogP contribution in [0.1, 0.15) is 45.7 Å². The minimum absolute atomic E-state index is 0.127. The molecular formula is C25H28N4O3S. The zero-order chi connectivity index (χ0) is 23.6. The van der Waals surface area contributed by atoms with Gasteiger partial charge in [-0.05, 0) is 70.0 Å². The Hall–Kier alpha value is -3.23. The first-order valence-electron chi connectivity index (χ1n) is 11.0. The second kappa shape index (κ2) is 9.33. The van der Waals surface area contributed by atoms with Crippen molar-refractivity contribution in [1.82, 2.24) is 14.3 Å². The van der Waals surface area contributed by atoms with Crippen LogP contribution in [-0.2, 0) is 10.0 Å². The molecule has 33 heavy (non-hydrogen) atoms. The quantitative estimate of drug-likeness (QED) is 0.443. The molecule has 0 spiro atoms. The molecule has 8 heteroatoms. The normalized spacial score (nSPS) is 14.8. The van der Waals surface area contributed by atoms with Crippen molar-refractivity contribution < 1.29 is 13.2 Å². The number of carbonyl (C=O) groups is 1. The molecule has 0 radical (unpaired) electrons. The third kappa shape index (κ3) is 4.77. The van der Waals surface area contributed by atoms with Gasteiger partial charge in [0.1, 0.15) is 0 Å². The van der Waals surface area contributed by atoms with Gasteiger partial charge < -0.3 is 4.57 Å². The third-order valence-electron chi connectivity index (χ3n) is 5.93. The lowest BCUT2D eigenvalue weighted by Crippen LogP contribution is -2.28. The van der Waals surface area contributed by atoms with Crippen LogP contribution in [0.2, 0.25) is 0 Å². The molecule has 2 aromatic carbocycles. The zero-order valence-corrected chi connectivity index (χ0v) is 19.9. The second-order valence-electron chi connectivity index (χ2n) is 8.34. The number of nitrogens with one attached hydrogen (secondary N) is 1. The van der Waals surface area contributed by atoms with Crippen LogP contribution in [0.4, 0.5) is 0 Å². The Morgan fingerprint density at radius 3 is 2.39 bits per heavy atom. The maximum absolute atomic E-state index is 12.8. The van der Waals surface area contributed by atoms with Gasteiger partial charge in [-0.3, -0.25) is 4.79 Å². The van der Waals surface area contributed by atoms with Gasteiger partial charge in [0, 0.05) is 41.3 Å². The van der Waals surface area contributed by atoms with Crippen molar-refractivity contribution in [3.05, 3.63) is 82.7 Å². The topological polar surface area (TPSA) is 83.8 Å². The molecule has 3 aromatic rings. The summed E-state index contributed by atoms with van der Waals surface area (Å²) in [4.78, 5) is 12.7. The van der Waals surface area contributed by atoms with E-state index in [1.807, 2.05) is 19.9 Å². The first-order valence-corrected chi connectivity index (χ1v) is 12.4. The lowest BCUT2D eigenvalue weighted by Gasteiger charge is -2.15. The van der Waals surface area contributed by atoms with Crippen LogP contribution in [0.25, 0.3) is 5.69 Å². The Balaban J connectivity index is 1.49. The van der Waals surface area contributed by atoms with Gasteiger partial charge in [-0.15, -0.1) is 0 Å². The molecule has 2 heterocycles. The molecule has 0 saturated carbocycles. The molecule has 1 aromatic heterocycles. The largest absolute Gasteiger partial charge is 0.318 e. The SMILES string of the molecule is Cc1ccc(-n2c(C)cc(/C=N/NC(=O)c3cccc(S(=O)(=O)N4CCCC4)c3)c2C)cc1. The van der Waals surface area contributed by atoms with E-state index in [-0.39, 0.29) is 10.5 Å². The molecule has 0 bridgehead atoms. The summed E-state index contributed by atoms with van der Waals surface area (Å²) in [6.45, 7) is 7.11. The van der Waals surface area contributed by atoms with Crippen molar-refractivity contribution in [1.29, 1.82) is 0 Å². The second-order valence-corrected chi connectivity index (χ2v) is 10.3. The number of rotatable bonds is 6. The van der Waals surface area contributed by atoms with E-state index in [2.05, 4.69) is 46.3 Å². The summed E-state index contributed by atoms with van der Waals surface area (Å²) in [5.74, 6) is -0.461. The van der Waals surface area contributed by atoms with E-state index < -0.39 is 15.9 Å². The number of hydrogen-bond acceptors (Lipinski definition) is 4. The van der Waals surface area contributed by atoms with Crippen molar-refractivity contribution in [2.45, 2.75) is 38.5 Å². The molecule has 1 amide bonds. The van der Waals surface area contributed by atoms with Crippen LogP contribution in [0.3, 0.4) is 0 Å². The summed E-state index contributed by atoms with van der Waals surface area (Å²) in [6, 6.07) is 16.4. The molecule has 1 aliphatic rings. The Morgan fingerprint density at radius 2 is 1.70 bits per heavy atom. The predicted molar refractivity (Wildman–Crippen MR) is 129 cm³/mol. The molecule has 0 atom stereocenters. The number of hydrogen-bond donors (Lipinski definition) is 1. The van der Waals surface area contributed by atoms with E-state index in [9.17, 15) is 13.2 Å². The number of sulfonamides is 1. The lowest BCUT2D eigenvalue weighted by molar-refractivity contribution is 0.0955. The van der Waals surface area contributed by atoms with Gasteiger partial charge in [-0.25, -0.2) is 13.8 Å². The van der Waals surface area contributed by atoms with Crippen LogP contribution in [0, 0.1) is 20.8 Å². The van der Waals surface area contributed by atoms with Crippen LogP contribution < -0.4 is 5.43 Å². The molecule has 1 fully saturated rings. The van der Waals surface area contributed by atoms with Crippen molar-refractivity contribution in [3.8, 4) is 5.69 Å². The maximum Gasteiger partial charge on any atom is 0.271 e. The van der Waals surface area contributed by atoms with Gasteiger partial charge in [-0.2, -0.15) is 9.41 Å². The summed E-state index contributed by atoms with van der Waals surface area (Å²) < 4.78 is 29.2. The third-order valence-corrected chi connectivity index (χ3v) is 7.83. The molecule has 1 N–H and O–H groups in total. The number of hydrazone groups is 1. The molecule has 0 aliphatic carbocycles. The molecule has 172 valence electrons. The number of aromatic nitrogens is 1. The average molecular weight is 465 g/mol. The lowest BCUT2D eigenvalue weighted by atomic mass is 10.2. The van der Waals surface area contributed by atoms with Crippen molar-refractivity contribution in [2.75, 3.05) is 13.1 Å². The monoisotopic (exact) mass is 464 g/mol. The molecule has 4 rings (SSSR count). The van der Waals surface area contributed by atoms with Crippen LogP contribution >= 0.6 is 0 Å². The van der Waals surface area contributed by atoms with E-state index in [1.54, 1.807) is 18.3 Å². The van der Waals surface area contributed by atoms with Crippen molar-refractivity contribution >= 4 is 22.1 Å². The van der Waals surface area contributed by atoms with Gasteiger partial charge in [0.25, 0.3) is 5.91 Å². The van der Waals surface area contributed by atoms with Crippen LogP contribution in [0.5, 0.6) is 0 Å². The highest BCUT2D eigenvalue weighted by atomic mass is 32.2. The highest BCUT2D eigenvalue weighted by Crippen LogP contribution is 2.22. The summed E-state index contributed by atoms with van der Waals surface area (Å²) in [7, 11) is -3.58. The van der Waals surface area contributed by atoms with Crippen LogP contribution in [-0.4, -0.2) is 42.5 Å². The van der Waals surface area contributed by atoms with E-state index in [0.717, 1.165) is 35.5 Å². The molecule has 1 saturated heterocycles. The first-order chi connectivity index (χ1) is 15.8. The summed E-state index contributed by atoms with van der Waals surface area (Å²) >= 11 is 0. The molecule has 7 nitrogen and oxygen atoms in total. The van der Waals surface area contributed by atoms with E-state index in [0.29, 0.717) is 13.1 Å². The van der Waals surface area contributed by atoms with Gasteiger partial charge >= 0.3 is 0 Å². The standard InChI is InChI=1S/C25H28N4O3S/c1-18-9-11-23(12-10-18)29-19(2)15-22(20(29)3)17-26-27-25(30)21-7-6-8-24(16-21)33(31,32)28-13-4-5-14-28/h6-12,15-17H,4-5,13-14H2,1-3H3,(H,27,30)/b26-17+. The summed E-state index contributed by atoms with van der Waals surface area (Å²) in [5, 5.41) is 4.11. The van der Waals surface area contributed by atoms with Gasteiger partial charge in [0.05, 0.1) is 11.1 Å². The molecule has 0 unspecified atom stereocenters. The van der Waals surface area contributed by atoms with Crippen molar-refractivity contribution in [2.24, 2.45) is 5.10 Å². The highest BCUT2D eigenvalue weighted by molar-refractivity contribution is 7.89. The minimum Gasteiger partial charge on any atom is -0.318 e.